The van der Waals surface area contributed by atoms with Gasteiger partial charge in [0.15, 0.2) is 17.5 Å². The maximum atomic E-state index is 14.1. The average molecular weight is 572 g/mol. The Hall–Kier alpha value is -2.43. The number of nitrogens with one attached hydrogen (secondary N) is 1. The van der Waals surface area contributed by atoms with E-state index in [1.54, 1.807) is 27.4 Å². The summed E-state index contributed by atoms with van der Waals surface area (Å²) >= 11 is 0. The van der Waals surface area contributed by atoms with Crippen LogP contribution in [0.5, 0.6) is 17.2 Å². The second-order valence-corrected chi connectivity index (χ2v) is 7.40. The van der Waals surface area contributed by atoms with Gasteiger partial charge >= 0.3 is 0 Å². The lowest BCUT2D eigenvalue weighted by atomic mass is 10.1. The molecule has 3 rings (SSSR count). The summed E-state index contributed by atoms with van der Waals surface area (Å²) in [6.45, 7) is 6.49. The average Bonchev–Trinajstić information content (AvgIpc) is 2.83. The predicted molar refractivity (Wildman–Crippen MR) is 141 cm³/mol. The van der Waals surface area contributed by atoms with Crippen molar-refractivity contribution in [1.29, 1.82) is 0 Å². The van der Waals surface area contributed by atoms with E-state index in [2.05, 4.69) is 22.0 Å². The Bertz CT molecular complexity index is 921. The molecule has 0 aliphatic carbocycles. The van der Waals surface area contributed by atoms with Gasteiger partial charge in [-0.2, -0.15) is 0 Å². The minimum atomic E-state index is -0.176. The number of hydrogen-bond donors (Lipinski definition) is 1. The van der Waals surface area contributed by atoms with Crippen LogP contribution in [0, 0.1) is 5.82 Å². The molecule has 0 saturated carbocycles. The van der Waals surface area contributed by atoms with E-state index in [1.165, 1.54) is 6.07 Å². The van der Waals surface area contributed by atoms with Gasteiger partial charge < -0.3 is 29.3 Å². The Morgan fingerprint density at radius 3 is 2.27 bits per heavy atom. The second kappa shape index (κ2) is 13.3. The molecule has 1 fully saturated rings. The zero-order valence-corrected chi connectivity index (χ0v) is 22.1. The highest BCUT2D eigenvalue weighted by atomic mass is 127. The molecule has 0 bridgehead atoms. The molecule has 0 unspecified atom stereocenters. The van der Waals surface area contributed by atoms with E-state index in [-0.39, 0.29) is 29.8 Å². The lowest BCUT2D eigenvalue weighted by Crippen LogP contribution is -2.52. The van der Waals surface area contributed by atoms with Crippen LogP contribution < -0.4 is 24.4 Å². The Morgan fingerprint density at radius 2 is 1.67 bits per heavy atom. The van der Waals surface area contributed by atoms with Gasteiger partial charge in [-0.1, -0.05) is 18.2 Å². The molecule has 182 valence electrons. The van der Waals surface area contributed by atoms with Gasteiger partial charge in [0, 0.05) is 44.8 Å². The van der Waals surface area contributed by atoms with Gasteiger partial charge in [0.1, 0.15) is 5.82 Å². The summed E-state index contributed by atoms with van der Waals surface area (Å²) < 4.78 is 30.5. The molecular weight excluding hydrogens is 538 g/mol. The minimum absolute atomic E-state index is 0. The molecule has 1 saturated heterocycles. The lowest BCUT2D eigenvalue weighted by Gasteiger charge is -2.37. The van der Waals surface area contributed by atoms with Crippen LogP contribution in [0.4, 0.5) is 10.1 Å². The molecule has 0 spiro atoms. The van der Waals surface area contributed by atoms with Crippen molar-refractivity contribution in [1.82, 2.24) is 10.2 Å². The minimum Gasteiger partial charge on any atom is -0.493 e. The van der Waals surface area contributed by atoms with Crippen LogP contribution in [0.1, 0.15) is 12.5 Å². The molecule has 7 nitrogen and oxygen atoms in total. The SMILES string of the molecule is CCNC(=NCCc1ccc(OC)c(OC)c1OC)N1CCN(c2ccccc2F)CC1.I. The first kappa shape index (κ1) is 26.8. The van der Waals surface area contributed by atoms with Crippen molar-refractivity contribution < 1.29 is 18.6 Å². The number of nitrogens with zero attached hydrogens (tertiary/aromatic N) is 3. The highest BCUT2D eigenvalue weighted by Gasteiger charge is 2.21. The number of guanidine groups is 1. The van der Waals surface area contributed by atoms with Crippen LogP contribution >= 0.6 is 24.0 Å². The van der Waals surface area contributed by atoms with Crippen LogP contribution in [0.2, 0.25) is 0 Å². The molecule has 33 heavy (non-hydrogen) atoms. The number of methoxy groups -OCH3 is 3. The van der Waals surface area contributed by atoms with Crippen LogP contribution in [-0.4, -0.2) is 71.5 Å². The molecule has 9 heteroatoms. The number of ether oxygens (including phenoxy) is 3. The standard InChI is InChI=1S/C24H33FN4O3.HI/c1-5-26-24(29-16-14-28(15-17-29)20-9-7-6-8-19(20)25)27-13-12-18-10-11-21(30-2)23(32-4)22(18)31-3;/h6-11H,5,12-17H2,1-4H3,(H,26,27);1H. The zero-order valence-electron chi connectivity index (χ0n) is 19.8. The summed E-state index contributed by atoms with van der Waals surface area (Å²) in [4.78, 5) is 9.15. The van der Waals surface area contributed by atoms with E-state index < -0.39 is 0 Å². The molecule has 2 aromatic rings. The van der Waals surface area contributed by atoms with Crippen molar-refractivity contribution in [2.24, 2.45) is 4.99 Å². The predicted octanol–water partition coefficient (Wildman–Crippen LogP) is 3.80. The number of benzene rings is 2. The molecule has 1 aliphatic heterocycles. The van der Waals surface area contributed by atoms with Gasteiger partial charge in [0.05, 0.1) is 27.0 Å². The number of hydrogen-bond acceptors (Lipinski definition) is 5. The van der Waals surface area contributed by atoms with E-state index in [1.807, 2.05) is 24.3 Å². The van der Waals surface area contributed by atoms with Crippen molar-refractivity contribution in [2.45, 2.75) is 13.3 Å². The first-order chi connectivity index (χ1) is 15.6. The Morgan fingerprint density at radius 1 is 0.970 bits per heavy atom. The number of anilines is 1. The Balaban J connectivity index is 0.00000385. The van der Waals surface area contributed by atoms with Crippen molar-refractivity contribution in [3.63, 3.8) is 0 Å². The molecule has 1 heterocycles. The fourth-order valence-electron chi connectivity index (χ4n) is 3.94. The van der Waals surface area contributed by atoms with Crippen LogP contribution in [0.25, 0.3) is 0 Å². The monoisotopic (exact) mass is 572 g/mol. The molecule has 0 aromatic heterocycles. The molecule has 2 aromatic carbocycles. The van der Waals surface area contributed by atoms with Crippen LogP contribution in [0.15, 0.2) is 41.4 Å². The van der Waals surface area contributed by atoms with Gasteiger partial charge in [-0.3, -0.25) is 4.99 Å². The second-order valence-electron chi connectivity index (χ2n) is 7.40. The van der Waals surface area contributed by atoms with E-state index in [0.29, 0.717) is 35.9 Å². The van der Waals surface area contributed by atoms with Crippen molar-refractivity contribution in [3.05, 3.63) is 47.8 Å². The molecule has 1 N–H and O–H groups in total. The van der Waals surface area contributed by atoms with E-state index in [9.17, 15) is 4.39 Å². The normalized spacial score (nSPS) is 13.9. The van der Waals surface area contributed by atoms with Crippen molar-refractivity contribution in [2.75, 3.05) is 65.5 Å². The quantitative estimate of drug-likeness (QED) is 0.295. The summed E-state index contributed by atoms with van der Waals surface area (Å²) in [6.07, 6.45) is 0.702. The molecule has 0 radical (unpaired) electrons. The summed E-state index contributed by atoms with van der Waals surface area (Å²) in [7, 11) is 4.84. The number of para-hydroxylation sites is 1. The van der Waals surface area contributed by atoms with Gasteiger partial charge in [-0.05, 0) is 31.5 Å². The van der Waals surface area contributed by atoms with Crippen LogP contribution in [-0.2, 0) is 6.42 Å². The number of halogens is 2. The maximum Gasteiger partial charge on any atom is 0.203 e. The Labute approximate surface area is 212 Å². The van der Waals surface area contributed by atoms with Gasteiger partial charge in [0.25, 0.3) is 0 Å². The summed E-state index contributed by atoms with van der Waals surface area (Å²) in [5.74, 6) is 2.60. The first-order valence-corrected chi connectivity index (χ1v) is 10.9. The number of aliphatic imine (C=N–C) groups is 1. The molecule has 0 amide bonds. The van der Waals surface area contributed by atoms with Crippen LogP contribution in [0.3, 0.4) is 0 Å². The summed E-state index contributed by atoms with van der Waals surface area (Å²) in [6, 6.07) is 10.8. The smallest absolute Gasteiger partial charge is 0.203 e. The largest absolute Gasteiger partial charge is 0.493 e. The molecular formula is C24H34FIN4O3. The summed E-state index contributed by atoms with van der Waals surface area (Å²) in [5, 5.41) is 3.38. The third kappa shape index (κ3) is 6.55. The highest BCUT2D eigenvalue weighted by molar-refractivity contribution is 14.0. The van der Waals surface area contributed by atoms with Gasteiger partial charge in [0.2, 0.25) is 5.75 Å². The molecule has 1 aliphatic rings. The maximum absolute atomic E-state index is 14.1. The van der Waals surface area contributed by atoms with Crippen molar-refractivity contribution >= 4 is 35.6 Å². The third-order valence-corrected chi connectivity index (χ3v) is 5.54. The fraction of sp³-hybridized carbons (Fsp3) is 0.458. The van der Waals surface area contributed by atoms with E-state index in [4.69, 9.17) is 19.2 Å². The van der Waals surface area contributed by atoms with Gasteiger partial charge in [-0.15, -0.1) is 24.0 Å². The fourth-order valence-corrected chi connectivity index (χ4v) is 3.94. The van der Waals surface area contributed by atoms with E-state index in [0.717, 1.165) is 44.2 Å². The topological polar surface area (TPSA) is 58.6 Å². The summed E-state index contributed by atoms with van der Waals surface area (Å²) in [5.41, 5.74) is 1.67. The Kier molecular flexibility index (Phi) is 10.8. The van der Waals surface area contributed by atoms with Crippen molar-refractivity contribution in [3.8, 4) is 17.2 Å². The third-order valence-electron chi connectivity index (χ3n) is 5.54. The first-order valence-electron chi connectivity index (χ1n) is 10.9. The highest BCUT2D eigenvalue weighted by Crippen LogP contribution is 2.39. The number of rotatable bonds is 8. The zero-order chi connectivity index (χ0) is 22.9. The van der Waals surface area contributed by atoms with Gasteiger partial charge in [-0.25, -0.2) is 4.39 Å². The molecule has 0 atom stereocenters. The van der Waals surface area contributed by atoms with E-state index >= 15 is 0 Å². The number of piperazine rings is 1. The lowest BCUT2D eigenvalue weighted by molar-refractivity contribution is 0.322.